The Balaban J connectivity index is 1.47. The maximum atomic E-state index is 12.5. The first-order chi connectivity index (χ1) is 16.0. The standard InChI is InChI=1S/C25H30FN3O3S/c1-3-19(5-4-13-26)12-14-27-24(30)17-33(31)16-23-18(2)32-25(29-23)21-8-6-20(7-9-21)15-28-22-10-11-22/h3-9,13,22,28H,1,10-12,14-17H2,2H3,(H,27,30)/b13-4+,19-5+. The molecule has 0 bridgehead atoms. The fourth-order valence-corrected chi connectivity index (χ4v) is 4.23. The zero-order chi connectivity index (χ0) is 23.6. The molecule has 0 aliphatic heterocycles. The van der Waals surface area contributed by atoms with Gasteiger partial charge in [-0.2, -0.15) is 0 Å². The van der Waals surface area contributed by atoms with Crippen molar-refractivity contribution in [3.05, 3.63) is 78.0 Å². The number of hydrogen-bond acceptors (Lipinski definition) is 5. The van der Waals surface area contributed by atoms with Gasteiger partial charge in [-0.15, -0.1) is 0 Å². The maximum absolute atomic E-state index is 12.5. The Hall–Kier alpha value is -2.84. The molecule has 8 heteroatoms. The Labute approximate surface area is 196 Å². The maximum Gasteiger partial charge on any atom is 0.232 e. The summed E-state index contributed by atoms with van der Waals surface area (Å²) in [6.45, 7) is 6.64. The molecular formula is C25H30FN3O3S. The molecule has 2 N–H and O–H groups in total. The van der Waals surface area contributed by atoms with Crippen LogP contribution in [0.2, 0.25) is 0 Å². The third-order valence-corrected chi connectivity index (χ3v) is 6.42. The van der Waals surface area contributed by atoms with Crippen LogP contribution in [-0.4, -0.2) is 33.4 Å². The molecule has 1 aromatic carbocycles. The Morgan fingerprint density at radius 3 is 2.76 bits per heavy atom. The minimum absolute atomic E-state index is 0.123. The van der Waals surface area contributed by atoms with Crippen molar-refractivity contribution >= 4 is 16.7 Å². The molecular weight excluding hydrogens is 441 g/mol. The number of benzene rings is 1. The molecule has 1 saturated carbocycles. The van der Waals surface area contributed by atoms with E-state index in [4.69, 9.17) is 4.42 Å². The quantitative estimate of drug-likeness (QED) is 0.427. The molecule has 33 heavy (non-hydrogen) atoms. The second kappa shape index (κ2) is 12.4. The van der Waals surface area contributed by atoms with E-state index in [9.17, 15) is 13.4 Å². The van der Waals surface area contributed by atoms with Gasteiger partial charge >= 0.3 is 0 Å². The molecule has 1 fully saturated rings. The lowest BCUT2D eigenvalue weighted by atomic mass is 10.1. The Kier molecular flexibility index (Phi) is 9.33. The number of aryl methyl sites for hydroxylation is 1. The lowest BCUT2D eigenvalue weighted by molar-refractivity contribution is -0.118. The predicted octanol–water partition coefficient (Wildman–Crippen LogP) is 4.25. The third-order valence-electron chi connectivity index (χ3n) is 5.24. The van der Waals surface area contributed by atoms with Crippen molar-refractivity contribution in [1.29, 1.82) is 0 Å². The van der Waals surface area contributed by atoms with Crippen molar-refractivity contribution in [3.63, 3.8) is 0 Å². The molecule has 0 saturated heterocycles. The van der Waals surface area contributed by atoms with E-state index in [0.717, 1.165) is 17.7 Å². The first-order valence-corrected chi connectivity index (χ1v) is 12.5. The number of hydrogen-bond donors (Lipinski definition) is 2. The van der Waals surface area contributed by atoms with Crippen LogP contribution in [0.3, 0.4) is 0 Å². The molecule has 2 aromatic rings. The van der Waals surface area contributed by atoms with E-state index in [1.165, 1.54) is 24.5 Å². The summed E-state index contributed by atoms with van der Waals surface area (Å²) in [7, 11) is -1.42. The summed E-state index contributed by atoms with van der Waals surface area (Å²) >= 11 is 0. The third kappa shape index (κ3) is 8.22. The van der Waals surface area contributed by atoms with E-state index >= 15 is 0 Å². The second-order valence-corrected chi connectivity index (χ2v) is 9.42. The number of nitrogens with one attached hydrogen (secondary N) is 2. The minimum Gasteiger partial charge on any atom is -0.441 e. The fourth-order valence-electron chi connectivity index (χ4n) is 3.16. The van der Waals surface area contributed by atoms with Gasteiger partial charge in [-0.3, -0.25) is 9.00 Å². The van der Waals surface area contributed by atoms with Gasteiger partial charge in [0.05, 0.1) is 17.8 Å². The summed E-state index contributed by atoms with van der Waals surface area (Å²) in [6.07, 6.45) is 7.91. The molecule has 1 atom stereocenters. The highest BCUT2D eigenvalue weighted by molar-refractivity contribution is 7.84. The van der Waals surface area contributed by atoms with E-state index in [1.54, 1.807) is 19.1 Å². The van der Waals surface area contributed by atoms with Gasteiger partial charge in [0, 0.05) is 35.5 Å². The summed E-state index contributed by atoms with van der Waals surface area (Å²) in [5.41, 5.74) is 3.45. The van der Waals surface area contributed by atoms with Gasteiger partial charge in [-0.1, -0.05) is 30.9 Å². The van der Waals surface area contributed by atoms with Gasteiger partial charge in [-0.05, 0) is 55.5 Å². The van der Waals surface area contributed by atoms with Crippen LogP contribution in [-0.2, 0) is 27.9 Å². The zero-order valence-corrected chi connectivity index (χ0v) is 19.6. The minimum atomic E-state index is -1.42. The van der Waals surface area contributed by atoms with Gasteiger partial charge in [-0.25, -0.2) is 9.37 Å². The van der Waals surface area contributed by atoms with Crippen LogP contribution in [0.1, 0.15) is 36.3 Å². The lowest BCUT2D eigenvalue weighted by Gasteiger charge is -2.05. The number of carbonyl (C=O) groups excluding carboxylic acids is 1. The van der Waals surface area contributed by atoms with Crippen molar-refractivity contribution in [1.82, 2.24) is 15.6 Å². The van der Waals surface area contributed by atoms with Crippen LogP contribution in [0.15, 0.2) is 65.4 Å². The average molecular weight is 472 g/mol. The monoisotopic (exact) mass is 471 g/mol. The van der Waals surface area contributed by atoms with Crippen LogP contribution in [0, 0.1) is 6.92 Å². The van der Waals surface area contributed by atoms with Crippen molar-refractivity contribution in [2.24, 2.45) is 0 Å². The van der Waals surface area contributed by atoms with E-state index in [2.05, 4.69) is 22.2 Å². The molecule has 1 amide bonds. The Morgan fingerprint density at radius 2 is 2.09 bits per heavy atom. The number of allylic oxidation sites excluding steroid dienone is 3. The molecule has 1 heterocycles. The van der Waals surface area contributed by atoms with Crippen molar-refractivity contribution in [2.75, 3.05) is 12.3 Å². The van der Waals surface area contributed by atoms with Gasteiger partial charge in [0.15, 0.2) is 0 Å². The highest BCUT2D eigenvalue weighted by Crippen LogP contribution is 2.24. The predicted molar refractivity (Wildman–Crippen MR) is 129 cm³/mol. The smallest absolute Gasteiger partial charge is 0.232 e. The number of rotatable bonds is 13. The normalized spacial score (nSPS) is 15.0. The number of oxazole rings is 1. The summed E-state index contributed by atoms with van der Waals surface area (Å²) < 4.78 is 30.3. The first-order valence-electron chi connectivity index (χ1n) is 11.0. The fraction of sp³-hybridized carbons (Fsp3) is 0.360. The van der Waals surface area contributed by atoms with Crippen LogP contribution >= 0.6 is 0 Å². The van der Waals surface area contributed by atoms with Crippen LogP contribution in [0.5, 0.6) is 0 Å². The van der Waals surface area contributed by atoms with Gasteiger partial charge in [0.2, 0.25) is 11.8 Å². The Bertz CT molecular complexity index is 1040. The second-order valence-electron chi connectivity index (χ2n) is 7.97. The Morgan fingerprint density at radius 1 is 1.33 bits per heavy atom. The number of amides is 1. The zero-order valence-electron chi connectivity index (χ0n) is 18.8. The molecule has 1 aliphatic carbocycles. The summed E-state index contributed by atoms with van der Waals surface area (Å²) in [5.74, 6) is 0.791. The van der Waals surface area contributed by atoms with E-state index in [-0.39, 0.29) is 17.4 Å². The average Bonchev–Trinajstić information content (AvgIpc) is 3.57. The number of aromatic nitrogens is 1. The number of nitrogens with zero attached hydrogens (tertiary/aromatic N) is 1. The van der Waals surface area contributed by atoms with Crippen molar-refractivity contribution < 1.29 is 17.8 Å². The highest BCUT2D eigenvalue weighted by Gasteiger charge is 2.20. The van der Waals surface area contributed by atoms with Gasteiger partial charge in [0.1, 0.15) is 11.5 Å². The molecule has 6 nitrogen and oxygen atoms in total. The summed E-state index contributed by atoms with van der Waals surface area (Å²) in [6, 6.07) is 8.70. The number of halogens is 1. The molecule has 0 spiro atoms. The van der Waals surface area contributed by atoms with Crippen LogP contribution in [0.4, 0.5) is 4.39 Å². The van der Waals surface area contributed by atoms with Crippen molar-refractivity contribution in [3.8, 4) is 11.5 Å². The van der Waals surface area contributed by atoms with Crippen LogP contribution in [0.25, 0.3) is 11.5 Å². The van der Waals surface area contributed by atoms with E-state index in [0.29, 0.717) is 42.7 Å². The number of carbonyl (C=O) groups is 1. The molecule has 1 unspecified atom stereocenters. The van der Waals surface area contributed by atoms with E-state index in [1.807, 2.05) is 24.3 Å². The van der Waals surface area contributed by atoms with Gasteiger partial charge < -0.3 is 15.1 Å². The molecule has 3 rings (SSSR count). The summed E-state index contributed by atoms with van der Waals surface area (Å²) in [5, 5.41) is 6.21. The van der Waals surface area contributed by atoms with Crippen molar-refractivity contribution in [2.45, 2.75) is 44.5 Å². The first kappa shape index (κ1) is 24.8. The largest absolute Gasteiger partial charge is 0.441 e. The lowest BCUT2D eigenvalue weighted by Crippen LogP contribution is -2.29. The SMILES string of the molecule is C=C/C(=C\C=C\F)CCNC(=O)CS(=O)Cc1nc(-c2ccc(CNC3CC3)cc2)oc1C. The van der Waals surface area contributed by atoms with Gasteiger partial charge in [0.25, 0.3) is 0 Å². The summed E-state index contributed by atoms with van der Waals surface area (Å²) in [4.78, 5) is 16.6. The molecule has 0 radical (unpaired) electrons. The molecule has 176 valence electrons. The molecule has 1 aliphatic rings. The highest BCUT2D eigenvalue weighted by atomic mass is 32.2. The molecule has 1 aromatic heterocycles. The van der Waals surface area contributed by atoms with E-state index < -0.39 is 10.8 Å². The van der Waals surface area contributed by atoms with Crippen LogP contribution < -0.4 is 10.6 Å². The topological polar surface area (TPSA) is 84.2 Å².